The van der Waals surface area contributed by atoms with Gasteiger partial charge >= 0.3 is 0 Å². The quantitative estimate of drug-likeness (QED) is 0.504. The van der Waals surface area contributed by atoms with Crippen LogP contribution >= 0.6 is 15.9 Å². The number of carbonyl (C=O) groups is 3. The average molecular weight is 428 g/mol. The van der Waals surface area contributed by atoms with Gasteiger partial charge in [0.15, 0.2) is 0 Å². The number of hydrogen-bond donors (Lipinski definition) is 3. The molecular formula is C20H18BrN3O3. The minimum Gasteiger partial charge on any atom is -0.386 e. The number of imide groups is 1. The molecule has 0 aromatic heterocycles. The SMILES string of the molecule is CCC(=O)Nc1ccc(CNC=C2C(=O)NC(=O)c3ccc(Br)cc32)cc1. The van der Waals surface area contributed by atoms with Crippen molar-refractivity contribution >= 4 is 44.9 Å². The number of rotatable bonds is 5. The summed E-state index contributed by atoms with van der Waals surface area (Å²) < 4.78 is 0.791. The summed E-state index contributed by atoms with van der Waals surface area (Å²) in [5.41, 5.74) is 3.18. The molecule has 0 saturated heterocycles. The van der Waals surface area contributed by atoms with Crippen LogP contribution in [0.1, 0.15) is 34.8 Å². The van der Waals surface area contributed by atoms with Crippen molar-refractivity contribution < 1.29 is 14.4 Å². The molecule has 0 saturated carbocycles. The van der Waals surface area contributed by atoms with E-state index >= 15 is 0 Å². The van der Waals surface area contributed by atoms with Crippen molar-refractivity contribution in [3.63, 3.8) is 0 Å². The first-order valence-corrected chi connectivity index (χ1v) is 9.25. The summed E-state index contributed by atoms with van der Waals surface area (Å²) in [7, 11) is 0. The molecule has 6 nitrogen and oxygen atoms in total. The molecule has 1 aliphatic heterocycles. The van der Waals surface area contributed by atoms with Gasteiger partial charge in [-0.3, -0.25) is 19.7 Å². The van der Waals surface area contributed by atoms with Gasteiger partial charge in [-0.1, -0.05) is 35.0 Å². The molecule has 0 aliphatic carbocycles. The maximum absolute atomic E-state index is 12.2. The average Bonchev–Trinajstić information content (AvgIpc) is 2.65. The van der Waals surface area contributed by atoms with E-state index in [2.05, 4.69) is 31.9 Å². The highest BCUT2D eigenvalue weighted by Gasteiger charge is 2.27. The molecule has 3 rings (SSSR count). The molecule has 0 fully saturated rings. The number of fused-ring (bicyclic) bond motifs is 1. The number of amides is 3. The van der Waals surface area contributed by atoms with Crippen molar-refractivity contribution in [2.75, 3.05) is 5.32 Å². The largest absolute Gasteiger partial charge is 0.386 e. The molecule has 2 aromatic rings. The third-order valence-corrected chi connectivity index (χ3v) is 4.59. The van der Waals surface area contributed by atoms with E-state index in [1.165, 1.54) is 0 Å². The Morgan fingerprint density at radius 2 is 1.81 bits per heavy atom. The molecule has 0 radical (unpaired) electrons. The van der Waals surface area contributed by atoms with E-state index in [1.807, 2.05) is 24.3 Å². The van der Waals surface area contributed by atoms with Crippen LogP contribution in [0.3, 0.4) is 0 Å². The van der Waals surface area contributed by atoms with Gasteiger partial charge in [0.05, 0.1) is 5.57 Å². The number of nitrogens with one attached hydrogen (secondary N) is 3. The summed E-state index contributed by atoms with van der Waals surface area (Å²) in [4.78, 5) is 35.5. The predicted molar refractivity (Wildman–Crippen MR) is 107 cm³/mol. The molecule has 1 aliphatic rings. The predicted octanol–water partition coefficient (Wildman–Crippen LogP) is 3.20. The van der Waals surface area contributed by atoms with Crippen molar-refractivity contribution in [2.45, 2.75) is 19.9 Å². The molecule has 3 N–H and O–H groups in total. The first kappa shape index (κ1) is 18.8. The minimum atomic E-state index is -0.435. The summed E-state index contributed by atoms with van der Waals surface area (Å²) in [6.45, 7) is 2.29. The Balaban J connectivity index is 1.72. The monoisotopic (exact) mass is 427 g/mol. The highest BCUT2D eigenvalue weighted by molar-refractivity contribution is 9.10. The maximum atomic E-state index is 12.2. The van der Waals surface area contributed by atoms with Gasteiger partial charge in [0, 0.05) is 40.5 Å². The molecule has 0 spiro atoms. The van der Waals surface area contributed by atoms with Crippen molar-refractivity contribution in [2.24, 2.45) is 0 Å². The Morgan fingerprint density at radius 3 is 2.52 bits per heavy atom. The van der Waals surface area contributed by atoms with Crippen molar-refractivity contribution in [1.29, 1.82) is 0 Å². The zero-order valence-electron chi connectivity index (χ0n) is 14.6. The number of anilines is 1. The van der Waals surface area contributed by atoms with Crippen LogP contribution in [0.4, 0.5) is 5.69 Å². The van der Waals surface area contributed by atoms with E-state index in [0.717, 1.165) is 15.7 Å². The zero-order chi connectivity index (χ0) is 19.4. The Kier molecular flexibility index (Phi) is 5.71. The van der Waals surface area contributed by atoms with Crippen LogP contribution in [0.2, 0.25) is 0 Å². The van der Waals surface area contributed by atoms with Gasteiger partial charge in [-0.2, -0.15) is 0 Å². The van der Waals surface area contributed by atoms with E-state index in [1.54, 1.807) is 31.3 Å². The van der Waals surface area contributed by atoms with E-state index in [9.17, 15) is 14.4 Å². The van der Waals surface area contributed by atoms with Gasteiger partial charge in [-0.25, -0.2) is 0 Å². The van der Waals surface area contributed by atoms with E-state index in [0.29, 0.717) is 29.7 Å². The second-order valence-electron chi connectivity index (χ2n) is 6.01. The Bertz CT molecular complexity index is 936. The standard InChI is InChI=1S/C20H18BrN3O3/c1-2-18(25)23-14-6-3-12(4-7-14)10-22-11-17-16-9-13(21)5-8-15(16)19(26)24-20(17)27/h3-9,11,22H,2,10H2,1H3,(H,23,25)(H,24,26,27). The fourth-order valence-corrected chi connectivity index (χ4v) is 3.03. The maximum Gasteiger partial charge on any atom is 0.260 e. The lowest BCUT2D eigenvalue weighted by Gasteiger charge is -2.18. The highest BCUT2D eigenvalue weighted by atomic mass is 79.9. The summed E-state index contributed by atoms with van der Waals surface area (Å²) in [5.74, 6) is -0.867. The van der Waals surface area contributed by atoms with Gasteiger partial charge in [0.2, 0.25) is 5.91 Å². The Morgan fingerprint density at radius 1 is 1.07 bits per heavy atom. The van der Waals surface area contributed by atoms with Crippen LogP contribution in [-0.2, 0) is 16.1 Å². The third kappa shape index (κ3) is 4.43. The third-order valence-electron chi connectivity index (χ3n) is 4.10. The summed E-state index contributed by atoms with van der Waals surface area (Å²) in [6.07, 6.45) is 2.04. The molecule has 0 unspecified atom stereocenters. The minimum absolute atomic E-state index is 0.0340. The first-order chi connectivity index (χ1) is 13.0. The summed E-state index contributed by atoms with van der Waals surface area (Å²) in [5, 5.41) is 8.25. The molecule has 7 heteroatoms. The second kappa shape index (κ2) is 8.18. The van der Waals surface area contributed by atoms with Gasteiger partial charge in [-0.05, 0) is 35.9 Å². The molecule has 2 aromatic carbocycles. The van der Waals surface area contributed by atoms with Crippen molar-refractivity contribution in [3.05, 3.63) is 69.8 Å². The molecule has 138 valence electrons. The second-order valence-corrected chi connectivity index (χ2v) is 6.93. The highest BCUT2D eigenvalue weighted by Crippen LogP contribution is 2.26. The Labute approximate surface area is 165 Å². The van der Waals surface area contributed by atoms with E-state index in [-0.39, 0.29) is 5.91 Å². The lowest BCUT2D eigenvalue weighted by Crippen LogP contribution is -2.37. The molecular weight excluding hydrogens is 410 g/mol. The topological polar surface area (TPSA) is 87.3 Å². The smallest absolute Gasteiger partial charge is 0.260 e. The number of hydrogen-bond acceptors (Lipinski definition) is 4. The van der Waals surface area contributed by atoms with Crippen molar-refractivity contribution in [3.8, 4) is 0 Å². The number of benzene rings is 2. The first-order valence-electron chi connectivity index (χ1n) is 8.46. The molecule has 0 bridgehead atoms. The van der Waals surface area contributed by atoms with Gasteiger partial charge < -0.3 is 10.6 Å². The van der Waals surface area contributed by atoms with E-state index < -0.39 is 11.8 Å². The fraction of sp³-hybridized carbons (Fsp3) is 0.150. The molecule has 1 heterocycles. The van der Waals surface area contributed by atoms with Gasteiger partial charge in [0.1, 0.15) is 0 Å². The van der Waals surface area contributed by atoms with Crippen LogP contribution in [0.5, 0.6) is 0 Å². The van der Waals surface area contributed by atoms with Crippen LogP contribution in [0.25, 0.3) is 5.57 Å². The molecule has 3 amide bonds. The Hall–Kier alpha value is -2.93. The van der Waals surface area contributed by atoms with Crippen LogP contribution in [0, 0.1) is 0 Å². The lowest BCUT2D eigenvalue weighted by atomic mass is 9.95. The fourth-order valence-electron chi connectivity index (χ4n) is 2.67. The summed E-state index contributed by atoms with van der Waals surface area (Å²) >= 11 is 3.37. The van der Waals surface area contributed by atoms with Gasteiger partial charge in [-0.15, -0.1) is 0 Å². The van der Waals surface area contributed by atoms with Crippen LogP contribution < -0.4 is 16.0 Å². The van der Waals surface area contributed by atoms with Crippen LogP contribution in [0.15, 0.2) is 53.1 Å². The number of halogens is 1. The van der Waals surface area contributed by atoms with Crippen molar-refractivity contribution in [1.82, 2.24) is 10.6 Å². The zero-order valence-corrected chi connectivity index (χ0v) is 16.2. The summed E-state index contributed by atoms with van der Waals surface area (Å²) in [6, 6.07) is 12.6. The van der Waals surface area contributed by atoms with Crippen LogP contribution in [-0.4, -0.2) is 17.7 Å². The lowest BCUT2D eigenvalue weighted by molar-refractivity contribution is -0.116. The molecule has 27 heavy (non-hydrogen) atoms. The van der Waals surface area contributed by atoms with E-state index in [4.69, 9.17) is 0 Å². The molecule has 0 atom stereocenters. The number of carbonyl (C=O) groups excluding carboxylic acids is 3. The van der Waals surface area contributed by atoms with Gasteiger partial charge in [0.25, 0.3) is 11.8 Å². The normalized spacial score (nSPS) is 14.5.